The first-order valence-corrected chi connectivity index (χ1v) is 8.86. The lowest BCUT2D eigenvalue weighted by atomic mass is 9.53. The minimum absolute atomic E-state index is 0.0125. The van der Waals surface area contributed by atoms with Crippen LogP contribution < -0.4 is 0 Å². The molecule has 0 radical (unpaired) electrons. The van der Waals surface area contributed by atoms with Gasteiger partial charge in [0.1, 0.15) is 5.76 Å². The van der Waals surface area contributed by atoms with Crippen molar-refractivity contribution in [2.75, 3.05) is 13.1 Å². The fourth-order valence-electron chi connectivity index (χ4n) is 4.22. The molecule has 7 nitrogen and oxygen atoms in total. The molecule has 0 aromatic carbocycles. The van der Waals surface area contributed by atoms with Gasteiger partial charge in [0, 0.05) is 36.5 Å². The molecule has 0 unspecified atom stereocenters. The number of amides is 1. The zero-order valence-corrected chi connectivity index (χ0v) is 14.7. The van der Waals surface area contributed by atoms with Crippen LogP contribution in [0.2, 0.25) is 0 Å². The van der Waals surface area contributed by atoms with Crippen LogP contribution in [0.15, 0.2) is 23.0 Å². The van der Waals surface area contributed by atoms with Crippen LogP contribution in [0.4, 0.5) is 0 Å². The van der Waals surface area contributed by atoms with E-state index in [0.717, 1.165) is 31.2 Å². The Morgan fingerprint density at radius 1 is 1.32 bits per heavy atom. The maximum atomic E-state index is 13.0. The summed E-state index contributed by atoms with van der Waals surface area (Å²) in [5.41, 5.74) is 0.563. The van der Waals surface area contributed by atoms with Crippen molar-refractivity contribution >= 4 is 5.91 Å². The quantitative estimate of drug-likeness (QED) is 0.920. The highest BCUT2D eigenvalue weighted by Crippen LogP contribution is 2.56. The number of aryl methyl sites for hydroxylation is 1. The molecule has 1 aliphatic carbocycles. The van der Waals surface area contributed by atoms with E-state index in [1.54, 1.807) is 10.9 Å². The first-order chi connectivity index (χ1) is 11.9. The Morgan fingerprint density at radius 3 is 2.64 bits per heavy atom. The second kappa shape index (κ2) is 5.69. The number of piperidine rings is 1. The third-order valence-electron chi connectivity index (χ3n) is 6.31. The maximum Gasteiger partial charge on any atom is 0.276 e. The van der Waals surface area contributed by atoms with E-state index >= 15 is 0 Å². The molecule has 3 heterocycles. The molecule has 4 rings (SSSR count). The topological polar surface area (TPSA) is 84.4 Å². The fourth-order valence-corrected chi connectivity index (χ4v) is 4.22. The summed E-state index contributed by atoms with van der Waals surface area (Å²) in [5.74, 6) is 0.557. The molecule has 0 bridgehead atoms. The summed E-state index contributed by atoms with van der Waals surface area (Å²) >= 11 is 0. The third kappa shape index (κ3) is 2.57. The molecular formula is C18H24N4O3. The van der Waals surface area contributed by atoms with E-state index in [1.165, 1.54) is 0 Å². The number of nitrogens with zero attached hydrogens (tertiary/aromatic N) is 4. The highest BCUT2D eigenvalue weighted by atomic mass is 16.5. The Kier molecular flexibility index (Phi) is 3.72. The van der Waals surface area contributed by atoms with Crippen LogP contribution >= 0.6 is 0 Å². The Hall–Kier alpha value is -2.15. The second-order valence-electron chi connectivity index (χ2n) is 7.62. The number of hydrogen-bond acceptors (Lipinski definition) is 5. The van der Waals surface area contributed by atoms with E-state index < -0.39 is 5.60 Å². The van der Waals surface area contributed by atoms with Gasteiger partial charge in [-0.3, -0.25) is 9.48 Å². The van der Waals surface area contributed by atoms with Gasteiger partial charge < -0.3 is 14.5 Å². The summed E-state index contributed by atoms with van der Waals surface area (Å²) in [6, 6.07) is 1.85. The molecule has 1 saturated carbocycles. The van der Waals surface area contributed by atoms with E-state index in [0.29, 0.717) is 31.1 Å². The molecule has 134 valence electrons. The van der Waals surface area contributed by atoms with Crippen LogP contribution in [-0.4, -0.2) is 49.5 Å². The Balaban J connectivity index is 1.49. The molecule has 1 atom stereocenters. The van der Waals surface area contributed by atoms with E-state index in [9.17, 15) is 9.90 Å². The summed E-state index contributed by atoms with van der Waals surface area (Å²) in [5, 5.41) is 18.7. The SMILES string of the molecule is Cc1onc(C(=O)N2CCC3(CC2)CC[C@]3(C)O)c1Cn1cccn1. The van der Waals surface area contributed by atoms with Crippen molar-refractivity contribution in [2.24, 2.45) is 5.41 Å². The van der Waals surface area contributed by atoms with Crippen molar-refractivity contribution in [3.8, 4) is 0 Å². The molecule has 1 aliphatic heterocycles. The normalized spacial score (nSPS) is 25.2. The zero-order chi connectivity index (χ0) is 17.7. The summed E-state index contributed by atoms with van der Waals surface area (Å²) in [4.78, 5) is 14.8. The number of carbonyl (C=O) groups excluding carboxylic acids is 1. The molecule has 1 spiro atoms. The van der Waals surface area contributed by atoms with Gasteiger partial charge in [0.2, 0.25) is 0 Å². The molecule has 2 fully saturated rings. The number of aliphatic hydroxyl groups is 1. The van der Waals surface area contributed by atoms with Crippen molar-refractivity contribution < 1.29 is 14.4 Å². The average Bonchev–Trinajstić information content (AvgIpc) is 3.24. The van der Waals surface area contributed by atoms with Crippen LogP contribution in [0.5, 0.6) is 0 Å². The lowest BCUT2D eigenvalue weighted by Crippen LogP contribution is -2.60. The number of hydrogen-bond donors (Lipinski definition) is 1. The summed E-state index contributed by atoms with van der Waals surface area (Å²) < 4.78 is 7.04. The van der Waals surface area contributed by atoms with Gasteiger partial charge in [-0.15, -0.1) is 0 Å². The van der Waals surface area contributed by atoms with Crippen LogP contribution in [0.1, 0.15) is 54.4 Å². The molecule has 25 heavy (non-hydrogen) atoms. The molecule has 2 aromatic rings. The third-order valence-corrected chi connectivity index (χ3v) is 6.31. The Morgan fingerprint density at radius 2 is 2.08 bits per heavy atom. The average molecular weight is 344 g/mol. The van der Waals surface area contributed by atoms with Crippen LogP contribution in [0.25, 0.3) is 0 Å². The van der Waals surface area contributed by atoms with Crippen molar-refractivity contribution in [1.29, 1.82) is 0 Å². The molecule has 1 amide bonds. The molecular weight excluding hydrogens is 320 g/mol. The second-order valence-corrected chi connectivity index (χ2v) is 7.62. The minimum Gasteiger partial charge on any atom is -0.390 e. The van der Waals surface area contributed by atoms with Gasteiger partial charge >= 0.3 is 0 Å². The van der Waals surface area contributed by atoms with Gasteiger partial charge in [-0.25, -0.2) is 0 Å². The van der Waals surface area contributed by atoms with E-state index in [4.69, 9.17) is 4.52 Å². The van der Waals surface area contributed by atoms with E-state index in [-0.39, 0.29) is 11.3 Å². The number of rotatable bonds is 3. The summed E-state index contributed by atoms with van der Waals surface area (Å²) in [6.45, 7) is 5.52. The van der Waals surface area contributed by atoms with Gasteiger partial charge in [-0.1, -0.05) is 5.16 Å². The molecule has 7 heteroatoms. The largest absolute Gasteiger partial charge is 0.390 e. The predicted molar refractivity (Wildman–Crippen MR) is 90.0 cm³/mol. The maximum absolute atomic E-state index is 13.0. The first kappa shape index (κ1) is 16.3. The van der Waals surface area contributed by atoms with Crippen LogP contribution in [0.3, 0.4) is 0 Å². The molecule has 2 aromatic heterocycles. The molecule has 2 aliphatic rings. The fraction of sp³-hybridized carbons (Fsp3) is 0.611. The summed E-state index contributed by atoms with van der Waals surface area (Å²) in [7, 11) is 0. The highest BCUT2D eigenvalue weighted by Gasteiger charge is 2.56. The smallest absolute Gasteiger partial charge is 0.276 e. The summed E-state index contributed by atoms with van der Waals surface area (Å²) in [6.07, 6.45) is 7.16. The van der Waals surface area contributed by atoms with E-state index in [2.05, 4.69) is 10.3 Å². The predicted octanol–water partition coefficient (Wildman–Crippen LogP) is 2.00. The molecule has 1 saturated heterocycles. The van der Waals surface area contributed by atoms with Gasteiger partial charge in [-0.05, 0) is 45.6 Å². The lowest BCUT2D eigenvalue weighted by Gasteiger charge is -2.58. The van der Waals surface area contributed by atoms with Crippen molar-refractivity contribution in [3.63, 3.8) is 0 Å². The van der Waals surface area contributed by atoms with Crippen molar-refractivity contribution in [2.45, 2.75) is 51.7 Å². The van der Waals surface area contributed by atoms with Gasteiger partial charge in [-0.2, -0.15) is 5.10 Å². The van der Waals surface area contributed by atoms with Crippen molar-refractivity contribution in [3.05, 3.63) is 35.5 Å². The number of likely N-dealkylation sites (tertiary alicyclic amines) is 1. The van der Waals surface area contributed by atoms with Crippen LogP contribution in [-0.2, 0) is 6.54 Å². The van der Waals surface area contributed by atoms with Crippen LogP contribution in [0, 0.1) is 12.3 Å². The molecule has 1 N–H and O–H groups in total. The lowest BCUT2D eigenvalue weighted by molar-refractivity contribution is -0.174. The number of carbonyl (C=O) groups is 1. The van der Waals surface area contributed by atoms with Gasteiger partial charge in [0.25, 0.3) is 5.91 Å². The number of aromatic nitrogens is 3. The van der Waals surface area contributed by atoms with Gasteiger partial charge in [0.05, 0.1) is 12.1 Å². The zero-order valence-electron chi connectivity index (χ0n) is 14.7. The van der Waals surface area contributed by atoms with E-state index in [1.807, 2.05) is 31.0 Å². The minimum atomic E-state index is -0.585. The Bertz CT molecular complexity index is 770. The standard InChI is InChI=1S/C18H24N4O3/c1-13-14(12-22-9-3-8-19-22)15(20-25-13)16(23)21-10-6-18(7-11-21)5-4-17(18,2)24/h3,8-9,24H,4-7,10-12H2,1-2H3/t17-/m0/s1. The highest BCUT2D eigenvalue weighted by molar-refractivity contribution is 5.93. The first-order valence-electron chi connectivity index (χ1n) is 8.86. The van der Waals surface area contributed by atoms with Crippen molar-refractivity contribution in [1.82, 2.24) is 19.8 Å². The Labute approximate surface area is 146 Å². The van der Waals surface area contributed by atoms with Gasteiger partial charge in [0.15, 0.2) is 5.69 Å². The monoisotopic (exact) mass is 344 g/mol.